The Morgan fingerprint density at radius 1 is 0.872 bits per heavy atom. The molecule has 0 bridgehead atoms. The van der Waals surface area contributed by atoms with Crippen molar-refractivity contribution in [2.75, 3.05) is 26.2 Å². The predicted molar refractivity (Wildman–Crippen MR) is 152 cm³/mol. The number of unbranched alkanes of at least 4 members (excludes halogenated alkanes) is 3. The Morgan fingerprint density at radius 2 is 1.51 bits per heavy atom. The van der Waals surface area contributed by atoms with E-state index < -0.39 is 29.7 Å². The van der Waals surface area contributed by atoms with Crippen molar-refractivity contribution in [2.45, 2.75) is 84.8 Å². The number of rotatable bonds is 17. The van der Waals surface area contributed by atoms with E-state index in [1.54, 1.807) is 23.1 Å². The number of amides is 2. The summed E-state index contributed by atoms with van der Waals surface area (Å²) in [5.41, 5.74) is 1.81. The molecule has 39 heavy (non-hydrogen) atoms. The van der Waals surface area contributed by atoms with E-state index in [0.717, 1.165) is 56.7 Å². The van der Waals surface area contributed by atoms with Crippen molar-refractivity contribution >= 4 is 11.8 Å². The Labute approximate surface area is 232 Å². The van der Waals surface area contributed by atoms with E-state index >= 15 is 0 Å². The zero-order chi connectivity index (χ0) is 28.8. The van der Waals surface area contributed by atoms with Gasteiger partial charge in [-0.15, -0.1) is 0 Å². The fraction of sp³-hybridized carbons (Fsp3) is 0.548. The first-order valence-corrected chi connectivity index (χ1v) is 14.2. The molecular weight excluding hydrogens is 500 g/mol. The van der Waals surface area contributed by atoms with E-state index in [0.29, 0.717) is 29.8 Å². The number of hydrogen-bond donors (Lipinski definition) is 3. The summed E-state index contributed by atoms with van der Waals surface area (Å²) in [6, 6.07) is 7.41. The highest BCUT2D eigenvalue weighted by atomic mass is 19.1. The van der Waals surface area contributed by atoms with Crippen LogP contribution in [0.4, 0.5) is 8.78 Å². The van der Waals surface area contributed by atoms with Crippen molar-refractivity contribution in [1.29, 1.82) is 0 Å². The maximum atomic E-state index is 13.9. The first kappa shape index (κ1) is 32.4. The van der Waals surface area contributed by atoms with E-state index in [4.69, 9.17) is 0 Å². The van der Waals surface area contributed by atoms with Crippen LogP contribution in [0.1, 0.15) is 91.1 Å². The lowest BCUT2D eigenvalue weighted by atomic mass is 9.99. The average Bonchev–Trinajstić information content (AvgIpc) is 2.88. The lowest BCUT2D eigenvalue weighted by Crippen LogP contribution is -2.49. The number of carbonyl (C=O) groups excluding carboxylic acids is 2. The van der Waals surface area contributed by atoms with Gasteiger partial charge in [-0.3, -0.25) is 9.59 Å². The quantitative estimate of drug-likeness (QED) is 0.232. The van der Waals surface area contributed by atoms with Crippen molar-refractivity contribution in [1.82, 2.24) is 15.5 Å². The Kier molecular flexibility index (Phi) is 14.1. The Morgan fingerprint density at radius 3 is 2.13 bits per heavy atom. The molecular formula is C31H45F2N3O3. The van der Waals surface area contributed by atoms with E-state index in [-0.39, 0.29) is 18.9 Å². The number of aliphatic hydroxyl groups excluding tert-OH is 1. The largest absolute Gasteiger partial charge is 0.390 e. The first-order valence-electron chi connectivity index (χ1n) is 14.2. The summed E-state index contributed by atoms with van der Waals surface area (Å²) in [5, 5.41) is 17.0. The highest BCUT2D eigenvalue weighted by molar-refractivity contribution is 6.00. The van der Waals surface area contributed by atoms with Crippen LogP contribution in [0, 0.1) is 18.6 Å². The number of hydrogen-bond acceptors (Lipinski definition) is 4. The van der Waals surface area contributed by atoms with Gasteiger partial charge in [0.1, 0.15) is 11.6 Å². The predicted octanol–water partition coefficient (Wildman–Crippen LogP) is 5.41. The number of nitrogens with one attached hydrogen (secondary N) is 2. The molecule has 6 nitrogen and oxygen atoms in total. The third-order valence-corrected chi connectivity index (χ3v) is 6.58. The molecule has 3 N–H and O–H groups in total. The van der Waals surface area contributed by atoms with E-state index in [2.05, 4.69) is 17.6 Å². The van der Waals surface area contributed by atoms with Crippen molar-refractivity contribution < 1.29 is 23.5 Å². The summed E-state index contributed by atoms with van der Waals surface area (Å²) in [6.45, 7) is 10.2. The molecule has 0 radical (unpaired) electrons. The molecule has 8 heteroatoms. The molecule has 0 aromatic heterocycles. The molecule has 0 aliphatic carbocycles. The standard InChI is InChI=1S/C31H45F2N3O3/c1-5-8-9-10-11-34-21-29(37)28(18-23-16-26(32)20-27(33)17-23)35-30(38)24-14-22(4)15-25(19-24)31(39)36(12-6-2)13-7-3/h14-17,19-20,28-29,34,37H,5-13,18,21H2,1-4H3,(H,35,38)/t28-,29+/m0/s1. The van der Waals surface area contributed by atoms with Gasteiger partial charge in [-0.2, -0.15) is 0 Å². The summed E-state index contributed by atoms with van der Waals surface area (Å²) < 4.78 is 27.7. The van der Waals surface area contributed by atoms with Crippen molar-refractivity contribution in [3.8, 4) is 0 Å². The van der Waals surface area contributed by atoms with Gasteiger partial charge in [0.15, 0.2) is 0 Å². The fourth-order valence-electron chi connectivity index (χ4n) is 4.66. The maximum Gasteiger partial charge on any atom is 0.253 e. The monoisotopic (exact) mass is 545 g/mol. The second-order valence-electron chi connectivity index (χ2n) is 10.3. The summed E-state index contributed by atoms with van der Waals surface area (Å²) in [4.78, 5) is 28.3. The summed E-state index contributed by atoms with van der Waals surface area (Å²) in [5.74, 6) is -2.03. The number of benzene rings is 2. The Bertz CT molecular complexity index is 1040. The average molecular weight is 546 g/mol. The van der Waals surface area contributed by atoms with Crippen LogP contribution in [0.25, 0.3) is 0 Å². The van der Waals surface area contributed by atoms with E-state index in [9.17, 15) is 23.5 Å². The number of carbonyl (C=O) groups is 2. The maximum absolute atomic E-state index is 13.9. The topological polar surface area (TPSA) is 81.7 Å². The van der Waals surface area contributed by atoms with Crippen LogP contribution in [-0.2, 0) is 6.42 Å². The lowest BCUT2D eigenvalue weighted by molar-refractivity contribution is 0.0755. The number of aryl methyl sites for hydroxylation is 1. The van der Waals surface area contributed by atoms with Gasteiger partial charge in [-0.05, 0) is 80.6 Å². The molecule has 2 atom stereocenters. The minimum Gasteiger partial charge on any atom is -0.390 e. The van der Waals surface area contributed by atoms with Crippen molar-refractivity contribution in [3.63, 3.8) is 0 Å². The van der Waals surface area contributed by atoms with Crippen LogP contribution in [0.3, 0.4) is 0 Å². The van der Waals surface area contributed by atoms with Gasteiger partial charge in [-0.1, -0.05) is 40.0 Å². The molecule has 2 aromatic carbocycles. The van der Waals surface area contributed by atoms with Gasteiger partial charge in [0.25, 0.3) is 11.8 Å². The molecule has 2 aromatic rings. The fourth-order valence-corrected chi connectivity index (χ4v) is 4.66. The second-order valence-corrected chi connectivity index (χ2v) is 10.3. The number of nitrogens with zero attached hydrogens (tertiary/aromatic N) is 1. The molecule has 0 saturated heterocycles. The van der Waals surface area contributed by atoms with Crippen molar-refractivity contribution in [2.24, 2.45) is 0 Å². The molecule has 0 spiro atoms. The van der Waals surface area contributed by atoms with Crippen LogP contribution in [-0.4, -0.2) is 60.1 Å². The van der Waals surface area contributed by atoms with Crippen LogP contribution in [0.5, 0.6) is 0 Å². The lowest BCUT2D eigenvalue weighted by Gasteiger charge is -2.25. The second kappa shape index (κ2) is 17.0. The summed E-state index contributed by atoms with van der Waals surface area (Å²) in [7, 11) is 0. The SMILES string of the molecule is CCCCCCNC[C@@H](O)[C@H](Cc1cc(F)cc(F)c1)NC(=O)c1cc(C)cc(C(=O)N(CCC)CCC)c1. The Hall–Kier alpha value is -2.84. The highest BCUT2D eigenvalue weighted by Gasteiger charge is 2.24. The minimum atomic E-state index is -0.998. The molecule has 0 unspecified atom stereocenters. The molecule has 2 rings (SSSR count). The van der Waals surface area contributed by atoms with E-state index in [1.807, 2.05) is 20.8 Å². The van der Waals surface area contributed by atoms with Gasteiger partial charge in [-0.25, -0.2) is 8.78 Å². The summed E-state index contributed by atoms with van der Waals surface area (Å²) in [6.07, 6.45) is 5.03. The van der Waals surface area contributed by atoms with Crippen molar-refractivity contribution in [3.05, 3.63) is 70.3 Å². The third kappa shape index (κ3) is 11.0. The number of aliphatic hydroxyl groups is 1. The first-order chi connectivity index (χ1) is 18.7. The van der Waals surface area contributed by atoms with Crippen LogP contribution >= 0.6 is 0 Å². The molecule has 2 amide bonds. The third-order valence-electron chi connectivity index (χ3n) is 6.58. The zero-order valence-corrected chi connectivity index (χ0v) is 23.9. The normalized spacial score (nSPS) is 12.7. The molecule has 0 aliphatic rings. The molecule has 0 saturated carbocycles. The minimum absolute atomic E-state index is 0.0392. The smallest absolute Gasteiger partial charge is 0.253 e. The van der Waals surface area contributed by atoms with Crippen LogP contribution < -0.4 is 10.6 Å². The molecule has 0 heterocycles. The Balaban J connectivity index is 2.23. The van der Waals surface area contributed by atoms with Gasteiger partial charge < -0.3 is 20.6 Å². The molecule has 0 fully saturated rings. The van der Waals surface area contributed by atoms with Gasteiger partial charge >= 0.3 is 0 Å². The highest BCUT2D eigenvalue weighted by Crippen LogP contribution is 2.16. The number of halogens is 2. The molecule has 216 valence electrons. The van der Waals surface area contributed by atoms with Crippen LogP contribution in [0.15, 0.2) is 36.4 Å². The van der Waals surface area contributed by atoms with Gasteiger partial charge in [0.05, 0.1) is 12.1 Å². The van der Waals surface area contributed by atoms with Gasteiger partial charge in [0.2, 0.25) is 0 Å². The summed E-state index contributed by atoms with van der Waals surface area (Å²) >= 11 is 0. The van der Waals surface area contributed by atoms with E-state index in [1.165, 1.54) is 12.1 Å². The zero-order valence-electron chi connectivity index (χ0n) is 23.9. The van der Waals surface area contributed by atoms with Gasteiger partial charge in [0, 0.05) is 36.8 Å². The van der Waals surface area contributed by atoms with Crippen LogP contribution in [0.2, 0.25) is 0 Å². The molecule has 0 aliphatic heterocycles.